The zero-order chi connectivity index (χ0) is 19.5. The van der Waals surface area contributed by atoms with E-state index in [9.17, 15) is 14.4 Å². The van der Waals surface area contributed by atoms with Crippen LogP contribution in [-0.4, -0.2) is 42.9 Å². The molecule has 0 saturated carbocycles. The summed E-state index contributed by atoms with van der Waals surface area (Å²) in [6.07, 6.45) is 0.290. The van der Waals surface area contributed by atoms with Gasteiger partial charge in [-0.15, -0.1) is 0 Å². The van der Waals surface area contributed by atoms with Crippen molar-refractivity contribution in [1.29, 1.82) is 0 Å². The molecule has 0 radical (unpaired) electrons. The van der Waals surface area contributed by atoms with Crippen LogP contribution in [0, 0.1) is 0 Å². The number of esters is 1. The molecule has 142 valence electrons. The van der Waals surface area contributed by atoms with Crippen LogP contribution in [0.4, 0.5) is 0 Å². The van der Waals surface area contributed by atoms with Crippen molar-refractivity contribution in [2.75, 3.05) is 20.2 Å². The van der Waals surface area contributed by atoms with E-state index in [1.807, 2.05) is 36.4 Å². The Morgan fingerprint density at radius 3 is 2.19 bits per heavy atom. The fourth-order valence-corrected chi connectivity index (χ4v) is 2.56. The molecule has 0 aliphatic rings. The van der Waals surface area contributed by atoms with Crippen LogP contribution >= 0.6 is 0 Å². The van der Waals surface area contributed by atoms with Crippen LogP contribution in [0.5, 0.6) is 0 Å². The number of carbonyl (C=O) groups excluding carboxylic acids is 3. The molecule has 2 rings (SSSR count). The molecule has 0 fully saturated rings. The number of ether oxygens (including phenoxy) is 1. The summed E-state index contributed by atoms with van der Waals surface area (Å²) in [5.41, 5.74) is 1.53. The third-order valence-corrected chi connectivity index (χ3v) is 4.04. The number of rotatable bonds is 9. The van der Waals surface area contributed by atoms with E-state index in [1.165, 1.54) is 7.11 Å². The van der Waals surface area contributed by atoms with Gasteiger partial charge < -0.3 is 15.0 Å². The molecule has 0 aliphatic carbocycles. The summed E-state index contributed by atoms with van der Waals surface area (Å²) in [7, 11) is 1.32. The lowest BCUT2D eigenvalue weighted by Crippen LogP contribution is -2.35. The summed E-state index contributed by atoms with van der Waals surface area (Å²) in [4.78, 5) is 37.7. The summed E-state index contributed by atoms with van der Waals surface area (Å²) >= 11 is 0. The summed E-state index contributed by atoms with van der Waals surface area (Å²) in [6.45, 7) is 0.909. The molecule has 2 amide bonds. The molecule has 0 aromatic heterocycles. The molecule has 2 aromatic rings. The molecular formula is C21H24N2O4. The topological polar surface area (TPSA) is 75.7 Å². The van der Waals surface area contributed by atoms with Gasteiger partial charge in [-0.1, -0.05) is 48.5 Å². The maximum Gasteiger partial charge on any atom is 0.307 e. The van der Waals surface area contributed by atoms with E-state index in [4.69, 9.17) is 0 Å². The monoisotopic (exact) mass is 368 g/mol. The highest BCUT2D eigenvalue weighted by Gasteiger charge is 2.16. The standard InChI is InChI=1S/C21H24N2O4/c1-27-20(25)13-15-23(16-17-8-4-2-5-9-17)19(24)12-14-22-21(26)18-10-6-3-7-11-18/h2-11H,12-16H2,1H3,(H,22,26). The highest BCUT2D eigenvalue weighted by Crippen LogP contribution is 2.07. The van der Waals surface area contributed by atoms with Gasteiger partial charge in [-0.05, 0) is 17.7 Å². The van der Waals surface area contributed by atoms with Crippen LogP contribution in [0.2, 0.25) is 0 Å². The van der Waals surface area contributed by atoms with Crippen LogP contribution < -0.4 is 5.32 Å². The second-order valence-electron chi connectivity index (χ2n) is 6.00. The number of hydrogen-bond donors (Lipinski definition) is 1. The maximum atomic E-state index is 12.6. The normalized spacial score (nSPS) is 10.1. The first-order valence-corrected chi connectivity index (χ1v) is 8.82. The third kappa shape index (κ3) is 6.93. The van der Waals surface area contributed by atoms with Crippen LogP contribution in [0.25, 0.3) is 0 Å². The number of methoxy groups -OCH3 is 1. The van der Waals surface area contributed by atoms with Crippen molar-refractivity contribution in [3.63, 3.8) is 0 Å². The third-order valence-electron chi connectivity index (χ3n) is 4.04. The van der Waals surface area contributed by atoms with Crippen LogP contribution in [0.1, 0.15) is 28.8 Å². The molecule has 0 aliphatic heterocycles. The molecule has 0 atom stereocenters. The summed E-state index contributed by atoms with van der Waals surface area (Å²) in [6, 6.07) is 18.4. The fourth-order valence-electron chi connectivity index (χ4n) is 2.56. The lowest BCUT2D eigenvalue weighted by Gasteiger charge is -2.22. The molecule has 0 saturated heterocycles. The van der Waals surface area contributed by atoms with E-state index >= 15 is 0 Å². The summed E-state index contributed by atoms with van der Waals surface area (Å²) in [5.74, 6) is -0.707. The van der Waals surface area contributed by atoms with E-state index in [0.29, 0.717) is 12.1 Å². The molecular weight excluding hydrogens is 344 g/mol. The van der Waals surface area contributed by atoms with Crippen molar-refractivity contribution in [2.24, 2.45) is 0 Å². The minimum absolute atomic E-state index is 0.129. The predicted molar refractivity (Wildman–Crippen MR) is 102 cm³/mol. The quantitative estimate of drug-likeness (QED) is 0.690. The van der Waals surface area contributed by atoms with Gasteiger partial charge in [0, 0.05) is 31.6 Å². The molecule has 2 aromatic carbocycles. The highest BCUT2D eigenvalue weighted by molar-refractivity contribution is 5.94. The van der Waals surface area contributed by atoms with Gasteiger partial charge in [0.2, 0.25) is 5.91 Å². The number of amides is 2. The number of carbonyl (C=O) groups is 3. The smallest absolute Gasteiger partial charge is 0.307 e. The molecule has 0 spiro atoms. The van der Waals surface area contributed by atoms with Crippen molar-refractivity contribution < 1.29 is 19.1 Å². The van der Waals surface area contributed by atoms with Gasteiger partial charge in [0.05, 0.1) is 13.5 Å². The zero-order valence-electron chi connectivity index (χ0n) is 15.4. The van der Waals surface area contributed by atoms with Crippen molar-refractivity contribution in [1.82, 2.24) is 10.2 Å². The van der Waals surface area contributed by atoms with Gasteiger partial charge in [-0.25, -0.2) is 0 Å². The van der Waals surface area contributed by atoms with E-state index in [-0.39, 0.29) is 43.7 Å². The minimum atomic E-state index is -0.363. The van der Waals surface area contributed by atoms with Crippen LogP contribution in [0.15, 0.2) is 60.7 Å². The van der Waals surface area contributed by atoms with Crippen molar-refractivity contribution in [2.45, 2.75) is 19.4 Å². The van der Waals surface area contributed by atoms with E-state index in [2.05, 4.69) is 10.1 Å². The van der Waals surface area contributed by atoms with E-state index in [0.717, 1.165) is 5.56 Å². The molecule has 0 heterocycles. The Morgan fingerprint density at radius 2 is 1.56 bits per heavy atom. The number of nitrogens with zero attached hydrogens (tertiary/aromatic N) is 1. The number of nitrogens with one attached hydrogen (secondary N) is 1. The highest BCUT2D eigenvalue weighted by atomic mass is 16.5. The minimum Gasteiger partial charge on any atom is -0.469 e. The van der Waals surface area contributed by atoms with Crippen molar-refractivity contribution in [3.05, 3.63) is 71.8 Å². The number of benzene rings is 2. The Bertz CT molecular complexity index is 747. The number of hydrogen-bond acceptors (Lipinski definition) is 4. The van der Waals surface area contributed by atoms with Crippen LogP contribution in [-0.2, 0) is 20.9 Å². The summed E-state index contributed by atoms with van der Waals surface area (Å²) in [5, 5.41) is 2.75. The zero-order valence-corrected chi connectivity index (χ0v) is 15.4. The van der Waals surface area contributed by atoms with Gasteiger partial charge in [-0.2, -0.15) is 0 Å². The molecule has 1 N–H and O–H groups in total. The lowest BCUT2D eigenvalue weighted by atomic mass is 10.2. The van der Waals surface area contributed by atoms with Gasteiger partial charge in [0.25, 0.3) is 5.91 Å². The Kier molecular flexibility index (Phi) is 8.03. The average Bonchev–Trinajstić information content (AvgIpc) is 2.71. The first-order valence-electron chi connectivity index (χ1n) is 8.82. The predicted octanol–water partition coefficient (Wildman–Crippen LogP) is 2.40. The van der Waals surface area contributed by atoms with Gasteiger partial charge in [-0.3, -0.25) is 14.4 Å². The maximum absolute atomic E-state index is 12.6. The largest absolute Gasteiger partial charge is 0.469 e. The van der Waals surface area contributed by atoms with Gasteiger partial charge in [0.15, 0.2) is 0 Å². The molecule has 6 heteroatoms. The van der Waals surface area contributed by atoms with Gasteiger partial charge >= 0.3 is 5.97 Å². The first kappa shape index (κ1) is 20.2. The lowest BCUT2D eigenvalue weighted by molar-refractivity contribution is -0.141. The second kappa shape index (κ2) is 10.8. The average molecular weight is 368 g/mol. The van der Waals surface area contributed by atoms with Gasteiger partial charge in [0.1, 0.15) is 0 Å². The molecule has 0 unspecified atom stereocenters. The molecule has 27 heavy (non-hydrogen) atoms. The van der Waals surface area contributed by atoms with Crippen molar-refractivity contribution in [3.8, 4) is 0 Å². The van der Waals surface area contributed by atoms with E-state index in [1.54, 1.807) is 29.2 Å². The molecule has 6 nitrogen and oxygen atoms in total. The second-order valence-corrected chi connectivity index (χ2v) is 6.00. The first-order chi connectivity index (χ1) is 13.1. The SMILES string of the molecule is COC(=O)CCN(Cc1ccccc1)C(=O)CCNC(=O)c1ccccc1. The Hall–Kier alpha value is -3.15. The fraction of sp³-hybridized carbons (Fsp3) is 0.286. The van der Waals surface area contributed by atoms with Crippen molar-refractivity contribution >= 4 is 17.8 Å². The summed E-state index contributed by atoms with van der Waals surface area (Å²) < 4.78 is 4.66. The van der Waals surface area contributed by atoms with E-state index < -0.39 is 0 Å². The Morgan fingerprint density at radius 1 is 0.926 bits per heavy atom. The Balaban J connectivity index is 1.89. The Labute approximate surface area is 159 Å². The van der Waals surface area contributed by atoms with Crippen LogP contribution in [0.3, 0.4) is 0 Å². The molecule has 0 bridgehead atoms.